The number of urea groups is 1. The zero-order chi connectivity index (χ0) is 14.9. The fraction of sp³-hybridized carbons (Fsp3) is 0.429. The van der Waals surface area contributed by atoms with E-state index < -0.39 is 5.97 Å². The van der Waals surface area contributed by atoms with E-state index in [0.717, 1.165) is 0 Å². The van der Waals surface area contributed by atoms with Crippen LogP contribution >= 0.6 is 0 Å². The van der Waals surface area contributed by atoms with Crippen molar-refractivity contribution in [2.24, 2.45) is 0 Å². The zero-order valence-corrected chi connectivity index (χ0v) is 11.8. The average molecular weight is 277 g/mol. The molecule has 1 saturated heterocycles. The van der Waals surface area contributed by atoms with Crippen molar-refractivity contribution in [1.82, 2.24) is 5.32 Å². The van der Waals surface area contributed by atoms with Crippen molar-refractivity contribution >= 4 is 23.4 Å². The van der Waals surface area contributed by atoms with Crippen molar-refractivity contribution in [1.29, 1.82) is 0 Å². The van der Waals surface area contributed by atoms with Crippen LogP contribution < -0.4 is 16.0 Å². The molecule has 1 heterocycles. The number of nitrogens with zero attached hydrogens (tertiary/aromatic N) is 1. The quantitative estimate of drug-likeness (QED) is 0.651. The molecule has 0 aromatic heterocycles. The standard InChI is InChI=1S/C14H19N3O3/c1-8(2)20-13(18)12-10(15)5-4-6-11(12)17-9(3)7-16-14(17)19/h4-6,8-9H,7,15H2,1-3H3,(H,16,19). The van der Waals surface area contributed by atoms with Gasteiger partial charge in [-0.05, 0) is 32.9 Å². The second-order valence-electron chi connectivity index (χ2n) is 5.10. The molecule has 1 aliphatic heterocycles. The first-order valence-corrected chi connectivity index (χ1v) is 6.58. The molecule has 1 aliphatic rings. The summed E-state index contributed by atoms with van der Waals surface area (Å²) in [6.07, 6.45) is -0.250. The van der Waals surface area contributed by atoms with Gasteiger partial charge in [0.2, 0.25) is 0 Å². The molecule has 0 radical (unpaired) electrons. The van der Waals surface area contributed by atoms with E-state index in [1.807, 2.05) is 6.92 Å². The number of nitrogen functional groups attached to an aromatic ring is 1. The predicted octanol–water partition coefficient (Wildman–Crippen LogP) is 1.75. The fourth-order valence-electron chi connectivity index (χ4n) is 2.21. The summed E-state index contributed by atoms with van der Waals surface area (Å²) in [4.78, 5) is 25.7. The third-order valence-corrected chi connectivity index (χ3v) is 3.09. The molecule has 1 aromatic carbocycles. The molecule has 1 fully saturated rings. The number of ether oxygens (including phenoxy) is 1. The van der Waals surface area contributed by atoms with E-state index in [9.17, 15) is 9.59 Å². The topological polar surface area (TPSA) is 84.7 Å². The Kier molecular flexibility index (Phi) is 3.83. The lowest BCUT2D eigenvalue weighted by Crippen LogP contribution is -2.34. The van der Waals surface area contributed by atoms with Crippen LogP contribution in [0.15, 0.2) is 18.2 Å². The molecule has 0 saturated carbocycles. The molecule has 0 aliphatic carbocycles. The van der Waals surface area contributed by atoms with E-state index in [2.05, 4.69) is 5.32 Å². The minimum Gasteiger partial charge on any atom is -0.459 e. The SMILES string of the molecule is CC(C)OC(=O)c1c(N)cccc1N1C(=O)NCC1C. The molecule has 2 rings (SSSR count). The number of nitrogens with one attached hydrogen (secondary N) is 1. The van der Waals surface area contributed by atoms with Crippen LogP contribution in [-0.2, 0) is 4.74 Å². The number of carbonyl (C=O) groups is 2. The third-order valence-electron chi connectivity index (χ3n) is 3.09. The maximum atomic E-state index is 12.2. The van der Waals surface area contributed by atoms with Gasteiger partial charge in [0.15, 0.2) is 0 Å². The highest BCUT2D eigenvalue weighted by molar-refractivity contribution is 6.06. The van der Waals surface area contributed by atoms with Crippen LogP contribution in [0.3, 0.4) is 0 Å². The maximum absolute atomic E-state index is 12.2. The number of hydrogen-bond acceptors (Lipinski definition) is 4. The first kappa shape index (κ1) is 14.2. The minimum absolute atomic E-state index is 0.0464. The Morgan fingerprint density at radius 3 is 2.75 bits per heavy atom. The molecular formula is C14H19N3O3. The van der Waals surface area contributed by atoms with Crippen LogP contribution in [-0.4, -0.2) is 30.7 Å². The highest BCUT2D eigenvalue weighted by atomic mass is 16.5. The van der Waals surface area contributed by atoms with Crippen molar-refractivity contribution < 1.29 is 14.3 Å². The number of benzene rings is 1. The largest absolute Gasteiger partial charge is 0.459 e. The maximum Gasteiger partial charge on any atom is 0.342 e. The summed E-state index contributed by atoms with van der Waals surface area (Å²) in [6, 6.07) is 4.76. The molecule has 0 bridgehead atoms. The third kappa shape index (κ3) is 2.54. The van der Waals surface area contributed by atoms with Gasteiger partial charge in [0, 0.05) is 12.2 Å². The summed E-state index contributed by atoms with van der Waals surface area (Å²) in [5.74, 6) is -0.514. The first-order valence-electron chi connectivity index (χ1n) is 6.58. The summed E-state index contributed by atoms with van der Waals surface area (Å²) in [6.45, 7) is 5.97. The van der Waals surface area contributed by atoms with Gasteiger partial charge >= 0.3 is 12.0 Å². The smallest absolute Gasteiger partial charge is 0.342 e. The molecule has 108 valence electrons. The number of rotatable bonds is 3. The second kappa shape index (κ2) is 5.40. The van der Waals surface area contributed by atoms with Crippen molar-refractivity contribution in [3.63, 3.8) is 0 Å². The van der Waals surface area contributed by atoms with Gasteiger partial charge < -0.3 is 15.8 Å². The normalized spacial score (nSPS) is 18.3. The van der Waals surface area contributed by atoms with Crippen molar-refractivity contribution in [2.45, 2.75) is 32.9 Å². The lowest BCUT2D eigenvalue weighted by molar-refractivity contribution is 0.0380. The van der Waals surface area contributed by atoms with Gasteiger partial charge in [-0.15, -0.1) is 0 Å². The summed E-state index contributed by atoms with van der Waals surface area (Å²) in [5.41, 5.74) is 6.93. The van der Waals surface area contributed by atoms with Crippen LogP contribution in [0.4, 0.5) is 16.2 Å². The monoisotopic (exact) mass is 277 g/mol. The van der Waals surface area contributed by atoms with Gasteiger partial charge in [-0.1, -0.05) is 6.07 Å². The molecule has 20 heavy (non-hydrogen) atoms. The van der Waals surface area contributed by atoms with E-state index >= 15 is 0 Å². The van der Waals surface area contributed by atoms with Gasteiger partial charge in [-0.25, -0.2) is 9.59 Å². The summed E-state index contributed by atoms with van der Waals surface area (Å²) >= 11 is 0. The van der Waals surface area contributed by atoms with Crippen LogP contribution in [0.5, 0.6) is 0 Å². The fourth-order valence-corrected chi connectivity index (χ4v) is 2.21. The predicted molar refractivity (Wildman–Crippen MR) is 76.7 cm³/mol. The van der Waals surface area contributed by atoms with Crippen LogP contribution in [0.2, 0.25) is 0 Å². The lowest BCUT2D eigenvalue weighted by atomic mass is 10.1. The van der Waals surface area contributed by atoms with Gasteiger partial charge in [-0.3, -0.25) is 4.90 Å². The van der Waals surface area contributed by atoms with Gasteiger partial charge in [-0.2, -0.15) is 0 Å². The van der Waals surface area contributed by atoms with Crippen LogP contribution in [0.25, 0.3) is 0 Å². The molecule has 3 N–H and O–H groups in total. The average Bonchev–Trinajstić information content (AvgIpc) is 2.67. The number of anilines is 2. The first-order chi connectivity index (χ1) is 9.41. The molecule has 6 nitrogen and oxygen atoms in total. The Morgan fingerprint density at radius 2 is 2.20 bits per heavy atom. The number of esters is 1. The Hall–Kier alpha value is -2.24. The Balaban J connectivity index is 2.46. The molecule has 1 unspecified atom stereocenters. The second-order valence-corrected chi connectivity index (χ2v) is 5.10. The minimum atomic E-state index is -0.514. The van der Waals surface area contributed by atoms with Crippen molar-refractivity contribution in [3.8, 4) is 0 Å². The summed E-state index contributed by atoms with van der Waals surface area (Å²) in [5, 5.41) is 2.74. The molecular weight excluding hydrogens is 258 g/mol. The van der Waals surface area contributed by atoms with E-state index in [1.165, 1.54) is 4.90 Å². The number of hydrogen-bond donors (Lipinski definition) is 2. The molecule has 2 amide bonds. The van der Waals surface area contributed by atoms with E-state index in [0.29, 0.717) is 17.9 Å². The zero-order valence-electron chi connectivity index (χ0n) is 11.8. The highest BCUT2D eigenvalue weighted by Crippen LogP contribution is 2.30. The van der Waals surface area contributed by atoms with Crippen LogP contribution in [0.1, 0.15) is 31.1 Å². The molecule has 0 spiro atoms. The molecule has 1 aromatic rings. The van der Waals surface area contributed by atoms with E-state index in [1.54, 1.807) is 32.0 Å². The number of carbonyl (C=O) groups excluding carboxylic acids is 2. The highest BCUT2D eigenvalue weighted by Gasteiger charge is 2.32. The summed E-state index contributed by atoms with van der Waals surface area (Å²) < 4.78 is 5.21. The number of nitrogens with two attached hydrogens (primary N) is 1. The van der Waals surface area contributed by atoms with Crippen LogP contribution in [0, 0.1) is 0 Å². The molecule has 1 atom stereocenters. The lowest BCUT2D eigenvalue weighted by Gasteiger charge is -2.23. The Labute approximate surface area is 117 Å². The Morgan fingerprint density at radius 1 is 1.50 bits per heavy atom. The van der Waals surface area contributed by atoms with Gasteiger partial charge in [0.25, 0.3) is 0 Å². The number of amides is 2. The van der Waals surface area contributed by atoms with Gasteiger partial charge in [0.05, 0.1) is 17.8 Å². The van der Waals surface area contributed by atoms with Crippen molar-refractivity contribution in [2.75, 3.05) is 17.2 Å². The Bertz CT molecular complexity index is 542. The summed E-state index contributed by atoms with van der Waals surface area (Å²) in [7, 11) is 0. The van der Waals surface area contributed by atoms with Gasteiger partial charge in [0.1, 0.15) is 5.56 Å². The van der Waals surface area contributed by atoms with E-state index in [-0.39, 0.29) is 23.7 Å². The van der Waals surface area contributed by atoms with E-state index in [4.69, 9.17) is 10.5 Å². The van der Waals surface area contributed by atoms with Crippen molar-refractivity contribution in [3.05, 3.63) is 23.8 Å². The molecule has 6 heteroatoms.